The average molecular weight is 187 g/mol. The second-order valence-corrected chi connectivity index (χ2v) is 6.22. The predicted octanol–water partition coefficient (Wildman–Crippen LogP) is 2.79. The van der Waals surface area contributed by atoms with Crippen molar-refractivity contribution < 1.29 is 0 Å². The van der Waals surface area contributed by atoms with Gasteiger partial charge in [0.2, 0.25) is 0 Å². The number of hydrogen-bond donors (Lipinski definition) is 1. The normalized spacial score (nSPS) is 24.8. The Morgan fingerprint density at radius 2 is 1.67 bits per heavy atom. The fraction of sp³-hybridized carbons (Fsp3) is 1.00. The first-order valence-electron chi connectivity index (χ1n) is 5.00. The summed E-state index contributed by atoms with van der Waals surface area (Å²) < 4.78 is 0.411. The molecule has 0 amide bonds. The molecule has 0 bridgehead atoms. The summed E-state index contributed by atoms with van der Waals surface area (Å²) in [6.07, 6.45) is 5.41. The molecule has 0 aromatic rings. The van der Waals surface area contributed by atoms with Gasteiger partial charge in [-0.1, -0.05) is 26.7 Å². The Kier molecular flexibility index (Phi) is 3.47. The van der Waals surface area contributed by atoms with Crippen molar-refractivity contribution in [3.05, 3.63) is 0 Å². The van der Waals surface area contributed by atoms with E-state index in [2.05, 4.69) is 32.5 Å². The highest BCUT2D eigenvalue weighted by molar-refractivity contribution is 8.01. The smallest absolute Gasteiger partial charge is 0.0310 e. The Labute approximate surface area is 80.5 Å². The molecule has 1 unspecified atom stereocenters. The largest absolute Gasteiger partial charge is 0.327 e. The molecule has 12 heavy (non-hydrogen) atoms. The molecular formula is C10H21NS. The van der Waals surface area contributed by atoms with Crippen LogP contribution in [0.15, 0.2) is 0 Å². The molecule has 0 heterocycles. The summed E-state index contributed by atoms with van der Waals surface area (Å²) in [4.78, 5) is 0. The maximum atomic E-state index is 6.06. The Balaban J connectivity index is 2.59. The molecule has 2 heteroatoms. The van der Waals surface area contributed by atoms with Gasteiger partial charge >= 0.3 is 0 Å². The lowest BCUT2D eigenvalue weighted by atomic mass is 9.99. The summed E-state index contributed by atoms with van der Waals surface area (Å²) in [5.74, 6) is 0. The fourth-order valence-corrected chi connectivity index (χ4v) is 3.80. The standard InChI is InChI=1S/C10H21NS/c1-8(2)12-10(9(3)11)6-4-5-7-10/h8-9H,4-7,11H2,1-3H3. The number of hydrogen-bond acceptors (Lipinski definition) is 2. The lowest BCUT2D eigenvalue weighted by Gasteiger charge is -2.34. The van der Waals surface area contributed by atoms with Gasteiger partial charge in [0.25, 0.3) is 0 Å². The van der Waals surface area contributed by atoms with Crippen LogP contribution in [0.25, 0.3) is 0 Å². The molecule has 1 rings (SSSR count). The molecular weight excluding hydrogens is 166 g/mol. The van der Waals surface area contributed by atoms with E-state index in [-0.39, 0.29) is 0 Å². The molecule has 0 spiro atoms. The minimum Gasteiger partial charge on any atom is -0.327 e. The van der Waals surface area contributed by atoms with E-state index in [4.69, 9.17) is 5.73 Å². The second kappa shape index (κ2) is 4.01. The van der Waals surface area contributed by atoms with Crippen molar-refractivity contribution in [1.29, 1.82) is 0 Å². The van der Waals surface area contributed by atoms with Gasteiger partial charge in [-0.25, -0.2) is 0 Å². The van der Waals surface area contributed by atoms with Crippen LogP contribution in [0.2, 0.25) is 0 Å². The van der Waals surface area contributed by atoms with Crippen molar-refractivity contribution in [3.8, 4) is 0 Å². The van der Waals surface area contributed by atoms with E-state index in [1.807, 2.05) is 0 Å². The molecule has 72 valence electrons. The molecule has 1 fully saturated rings. The third-order valence-electron chi connectivity index (χ3n) is 2.75. The Morgan fingerprint density at radius 3 is 2.00 bits per heavy atom. The summed E-state index contributed by atoms with van der Waals surface area (Å²) in [7, 11) is 0. The predicted molar refractivity (Wildman–Crippen MR) is 57.6 cm³/mol. The van der Waals surface area contributed by atoms with Crippen molar-refractivity contribution in [2.75, 3.05) is 0 Å². The van der Waals surface area contributed by atoms with Gasteiger partial charge < -0.3 is 5.73 Å². The van der Waals surface area contributed by atoms with Crippen molar-refractivity contribution in [1.82, 2.24) is 0 Å². The van der Waals surface area contributed by atoms with Gasteiger partial charge in [0, 0.05) is 10.8 Å². The summed E-state index contributed by atoms with van der Waals surface area (Å²) in [5.41, 5.74) is 6.06. The summed E-state index contributed by atoms with van der Waals surface area (Å²) in [6, 6.07) is 0.354. The molecule has 1 aliphatic rings. The van der Waals surface area contributed by atoms with Crippen LogP contribution < -0.4 is 5.73 Å². The monoisotopic (exact) mass is 187 g/mol. The highest BCUT2D eigenvalue weighted by Crippen LogP contribution is 2.45. The van der Waals surface area contributed by atoms with Gasteiger partial charge in [0.15, 0.2) is 0 Å². The molecule has 0 aromatic carbocycles. The van der Waals surface area contributed by atoms with Gasteiger partial charge in [-0.3, -0.25) is 0 Å². The lowest BCUT2D eigenvalue weighted by molar-refractivity contribution is 0.506. The molecule has 0 aromatic heterocycles. The van der Waals surface area contributed by atoms with Crippen LogP contribution in [-0.4, -0.2) is 16.0 Å². The molecule has 2 N–H and O–H groups in total. The maximum absolute atomic E-state index is 6.06. The van der Waals surface area contributed by atoms with Crippen molar-refractivity contribution in [3.63, 3.8) is 0 Å². The molecule has 0 aliphatic heterocycles. The first kappa shape index (κ1) is 10.4. The Hall–Kier alpha value is 0.310. The SMILES string of the molecule is CC(C)SC1(C(C)N)CCCC1. The third kappa shape index (κ3) is 2.17. The van der Waals surface area contributed by atoms with Gasteiger partial charge in [-0.05, 0) is 25.0 Å². The quantitative estimate of drug-likeness (QED) is 0.735. The molecule has 1 nitrogen and oxygen atoms in total. The Morgan fingerprint density at radius 1 is 1.17 bits per heavy atom. The van der Waals surface area contributed by atoms with E-state index in [1.54, 1.807) is 0 Å². The van der Waals surface area contributed by atoms with Gasteiger partial charge in [0.1, 0.15) is 0 Å². The third-order valence-corrected chi connectivity index (χ3v) is 4.47. The van der Waals surface area contributed by atoms with Crippen LogP contribution in [0.3, 0.4) is 0 Å². The van der Waals surface area contributed by atoms with Gasteiger partial charge in [-0.15, -0.1) is 0 Å². The van der Waals surface area contributed by atoms with E-state index in [0.29, 0.717) is 16.0 Å². The van der Waals surface area contributed by atoms with E-state index >= 15 is 0 Å². The zero-order valence-electron chi connectivity index (χ0n) is 8.47. The van der Waals surface area contributed by atoms with Gasteiger partial charge in [0.05, 0.1) is 0 Å². The Bertz CT molecular complexity index is 137. The minimum absolute atomic E-state index is 0.354. The zero-order valence-corrected chi connectivity index (χ0v) is 9.29. The number of nitrogens with two attached hydrogens (primary N) is 1. The van der Waals surface area contributed by atoms with E-state index in [0.717, 1.165) is 0 Å². The zero-order chi connectivity index (χ0) is 9.19. The van der Waals surface area contributed by atoms with Crippen LogP contribution >= 0.6 is 11.8 Å². The topological polar surface area (TPSA) is 26.0 Å². The van der Waals surface area contributed by atoms with Crippen LogP contribution in [0.5, 0.6) is 0 Å². The summed E-state index contributed by atoms with van der Waals surface area (Å²) in [6.45, 7) is 6.71. The lowest BCUT2D eigenvalue weighted by Crippen LogP contribution is -2.41. The minimum atomic E-state index is 0.354. The summed E-state index contributed by atoms with van der Waals surface area (Å²) >= 11 is 2.09. The van der Waals surface area contributed by atoms with Gasteiger partial charge in [-0.2, -0.15) is 11.8 Å². The van der Waals surface area contributed by atoms with Crippen LogP contribution in [0, 0.1) is 0 Å². The van der Waals surface area contributed by atoms with Crippen molar-refractivity contribution in [2.24, 2.45) is 5.73 Å². The van der Waals surface area contributed by atoms with E-state index in [9.17, 15) is 0 Å². The fourth-order valence-electron chi connectivity index (χ4n) is 2.12. The average Bonchev–Trinajstić information content (AvgIpc) is 2.35. The van der Waals surface area contributed by atoms with Crippen LogP contribution in [0.4, 0.5) is 0 Å². The maximum Gasteiger partial charge on any atom is 0.0310 e. The first-order chi connectivity index (χ1) is 5.57. The molecule has 0 radical (unpaired) electrons. The van der Waals surface area contributed by atoms with Crippen LogP contribution in [-0.2, 0) is 0 Å². The number of rotatable bonds is 3. The highest BCUT2D eigenvalue weighted by atomic mass is 32.2. The molecule has 1 saturated carbocycles. The van der Waals surface area contributed by atoms with Crippen molar-refractivity contribution in [2.45, 2.75) is 62.5 Å². The molecule has 0 saturated heterocycles. The molecule has 1 atom stereocenters. The van der Waals surface area contributed by atoms with Crippen molar-refractivity contribution >= 4 is 11.8 Å². The van der Waals surface area contributed by atoms with E-state index < -0.39 is 0 Å². The second-order valence-electron chi connectivity index (χ2n) is 4.23. The van der Waals surface area contributed by atoms with Crippen LogP contribution in [0.1, 0.15) is 46.5 Å². The first-order valence-corrected chi connectivity index (χ1v) is 5.88. The molecule has 1 aliphatic carbocycles. The number of thioether (sulfide) groups is 1. The summed E-state index contributed by atoms with van der Waals surface area (Å²) in [5, 5.41) is 0.717. The van der Waals surface area contributed by atoms with E-state index in [1.165, 1.54) is 25.7 Å². The highest BCUT2D eigenvalue weighted by Gasteiger charge is 2.38.